The minimum atomic E-state index is -4.03. The zero-order valence-electron chi connectivity index (χ0n) is 24.0. The van der Waals surface area contributed by atoms with Gasteiger partial charge in [-0.15, -0.1) is 0 Å². The molecular weight excluding hydrogens is 515 g/mol. The topological polar surface area (TPSA) is 88.9 Å². The molecule has 2 aromatic carbocycles. The Bertz CT molecular complexity index is 1440. The van der Waals surface area contributed by atoms with E-state index in [0.717, 1.165) is 52.3 Å². The first-order valence-corrected chi connectivity index (χ1v) is 15.2. The highest BCUT2D eigenvalue weighted by Crippen LogP contribution is 2.40. The van der Waals surface area contributed by atoms with Crippen LogP contribution in [0.25, 0.3) is 10.9 Å². The van der Waals surface area contributed by atoms with Crippen LogP contribution in [0.3, 0.4) is 0 Å². The Morgan fingerprint density at radius 1 is 1.10 bits per heavy atom. The highest BCUT2D eigenvalue weighted by molar-refractivity contribution is 7.86. The second-order valence-electron chi connectivity index (χ2n) is 11.7. The van der Waals surface area contributed by atoms with Gasteiger partial charge in [0, 0.05) is 12.0 Å². The highest BCUT2D eigenvalue weighted by Gasteiger charge is 2.53. The summed E-state index contributed by atoms with van der Waals surface area (Å²) in [6.45, 7) is 14.6. The Balaban J connectivity index is 1.65. The molecule has 210 valence electrons. The molecule has 0 radical (unpaired) electrons. The van der Waals surface area contributed by atoms with E-state index in [1.807, 2.05) is 59.3 Å². The molecule has 2 unspecified atom stereocenters. The highest BCUT2D eigenvalue weighted by atomic mass is 32.2. The lowest BCUT2D eigenvalue weighted by molar-refractivity contribution is -0.0366. The van der Waals surface area contributed by atoms with Crippen LogP contribution >= 0.6 is 0 Å². The van der Waals surface area contributed by atoms with Crippen molar-refractivity contribution in [2.75, 3.05) is 6.61 Å². The van der Waals surface area contributed by atoms with Gasteiger partial charge in [0.2, 0.25) is 0 Å². The first-order valence-electron chi connectivity index (χ1n) is 13.8. The van der Waals surface area contributed by atoms with Gasteiger partial charge >= 0.3 is 7.12 Å². The Labute approximate surface area is 232 Å². The van der Waals surface area contributed by atoms with E-state index >= 15 is 0 Å². The van der Waals surface area contributed by atoms with E-state index in [-0.39, 0.29) is 11.1 Å². The van der Waals surface area contributed by atoms with Gasteiger partial charge in [0.15, 0.2) is 6.23 Å². The fourth-order valence-electron chi connectivity index (χ4n) is 5.39. The van der Waals surface area contributed by atoms with Crippen LogP contribution < -0.4 is 5.46 Å². The summed E-state index contributed by atoms with van der Waals surface area (Å²) in [5.41, 5.74) is 3.12. The molecule has 2 aliphatic heterocycles. The van der Waals surface area contributed by atoms with E-state index in [0.29, 0.717) is 13.0 Å². The lowest BCUT2D eigenvalue weighted by Gasteiger charge is -2.32. The number of hydrogen-bond donors (Lipinski definition) is 0. The summed E-state index contributed by atoms with van der Waals surface area (Å²) in [7, 11) is -4.75. The van der Waals surface area contributed by atoms with Crippen LogP contribution in [0.5, 0.6) is 0 Å². The third kappa shape index (κ3) is 5.17. The van der Waals surface area contributed by atoms with Crippen molar-refractivity contribution in [1.29, 1.82) is 0 Å². The normalized spacial score (nSPS) is 21.9. The molecule has 1 aromatic heterocycles. The Kier molecular flexibility index (Phi) is 7.48. The van der Waals surface area contributed by atoms with E-state index in [1.165, 1.54) is 0 Å². The van der Waals surface area contributed by atoms with E-state index in [9.17, 15) is 8.42 Å². The van der Waals surface area contributed by atoms with Gasteiger partial charge in [-0.05, 0) is 102 Å². The summed E-state index contributed by atoms with van der Waals surface area (Å²) in [6.07, 6.45) is 4.37. The monoisotopic (exact) mass is 554 g/mol. The molecule has 5 rings (SSSR count). The van der Waals surface area contributed by atoms with Crippen molar-refractivity contribution in [2.24, 2.45) is 0 Å². The van der Waals surface area contributed by atoms with Gasteiger partial charge in [0.05, 0.1) is 27.8 Å². The number of rotatable bonds is 7. The van der Waals surface area contributed by atoms with E-state index < -0.39 is 34.5 Å². The zero-order valence-corrected chi connectivity index (χ0v) is 24.8. The summed E-state index contributed by atoms with van der Waals surface area (Å²) in [5.74, 6) is 0. The van der Waals surface area contributed by atoms with Crippen LogP contribution in [-0.2, 0) is 28.3 Å². The third-order valence-corrected chi connectivity index (χ3v) is 9.69. The van der Waals surface area contributed by atoms with Gasteiger partial charge in [-0.2, -0.15) is 13.5 Å². The number of hydrogen-bond acceptors (Lipinski definition) is 7. The predicted octanol–water partition coefficient (Wildman–Crippen LogP) is 5.51. The number of fused-ring (bicyclic) bond motifs is 1. The van der Waals surface area contributed by atoms with Gasteiger partial charge in [0.25, 0.3) is 10.1 Å². The fraction of sp³-hybridized carbons (Fsp3) is 0.552. The van der Waals surface area contributed by atoms with Crippen LogP contribution in [-0.4, -0.2) is 43.1 Å². The molecule has 2 saturated heterocycles. The second-order valence-corrected chi connectivity index (χ2v) is 13.3. The molecule has 0 bridgehead atoms. The maximum Gasteiger partial charge on any atom is 0.495 e. The second kappa shape index (κ2) is 10.3. The summed E-state index contributed by atoms with van der Waals surface area (Å²) >= 11 is 0. The van der Waals surface area contributed by atoms with E-state index in [1.54, 1.807) is 24.3 Å². The lowest BCUT2D eigenvalue weighted by Crippen LogP contribution is -2.41. The zero-order chi connectivity index (χ0) is 28.2. The Morgan fingerprint density at radius 3 is 2.36 bits per heavy atom. The largest absolute Gasteiger partial charge is 0.495 e. The van der Waals surface area contributed by atoms with Crippen molar-refractivity contribution in [3.05, 3.63) is 53.2 Å². The lowest BCUT2D eigenvalue weighted by atomic mass is 9.71. The van der Waals surface area contributed by atoms with Crippen LogP contribution in [0.2, 0.25) is 0 Å². The number of ether oxygens (including phenoxy) is 1. The van der Waals surface area contributed by atoms with Crippen LogP contribution in [0.1, 0.15) is 89.3 Å². The third-order valence-electron chi connectivity index (χ3n) is 8.36. The molecule has 0 aliphatic carbocycles. The molecule has 39 heavy (non-hydrogen) atoms. The standard InChI is InChI=1S/C29H39BN2O6S/c1-8-24(36-39(33,34)21-14-12-19(2)13-15-21)26-20(3)17-23-22(18-31-32(23)25-11-9-10-16-35-25)27(26)30-37-28(4,5)29(6,7)38-30/h12-15,17-18,24-25H,8-11,16H2,1-7H3. The van der Waals surface area contributed by atoms with Crippen LogP contribution in [0.4, 0.5) is 0 Å². The fourth-order valence-corrected chi connectivity index (χ4v) is 6.50. The van der Waals surface area contributed by atoms with Crippen LogP contribution in [0, 0.1) is 13.8 Å². The van der Waals surface area contributed by atoms with E-state index in [4.69, 9.17) is 23.3 Å². The average molecular weight is 555 g/mol. The molecule has 0 saturated carbocycles. The van der Waals surface area contributed by atoms with Gasteiger partial charge in [0.1, 0.15) is 6.10 Å². The van der Waals surface area contributed by atoms with Crippen molar-refractivity contribution in [3.63, 3.8) is 0 Å². The minimum absolute atomic E-state index is 0.129. The van der Waals surface area contributed by atoms with Crippen molar-refractivity contribution in [2.45, 2.75) is 103 Å². The van der Waals surface area contributed by atoms with Crippen molar-refractivity contribution in [3.8, 4) is 0 Å². The molecule has 0 amide bonds. The minimum Gasteiger partial charge on any atom is -0.399 e. The molecule has 2 aliphatic rings. The number of nitrogens with zero attached hydrogens (tertiary/aromatic N) is 2. The summed E-state index contributed by atoms with van der Waals surface area (Å²) in [5, 5.41) is 5.59. The number of aromatic nitrogens is 2. The maximum atomic E-state index is 13.4. The van der Waals surface area contributed by atoms with Crippen molar-refractivity contribution in [1.82, 2.24) is 9.78 Å². The molecular formula is C29H39BN2O6S. The quantitative estimate of drug-likeness (QED) is 0.281. The smallest absolute Gasteiger partial charge is 0.399 e. The molecule has 3 aromatic rings. The first-order chi connectivity index (χ1) is 18.3. The summed E-state index contributed by atoms with van der Waals surface area (Å²) in [4.78, 5) is 0.129. The van der Waals surface area contributed by atoms with Crippen molar-refractivity contribution < 1.29 is 26.6 Å². The van der Waals surface area contributed by atoms with Gasteiger partial charge < -0.3 is 14.0 Å². The Morgan fingerprint density at radius 2 is 1.77 bits per heavy atom. The number of aryl methyl sites for hydroxylation is 2. The summed E-state index contributed by atoms with van der Waals surface area (Å²) in [6, 6.07) is 8.75. The van der Waals surface area contributed by atoms with E-state index in [2.05, 4.69) is 6.07 Å². The van der Waals surface area contributed by atoms with Crippen molar-refractivity contribution >= 4 is 33.6 Å². The molecule has 2 atom stereocenters. The van der Waals surface area contributed by atoms with Gasteiger partial charge in [-0.25, -0.2) is 4.68 Å². The molecule has 2 fully saturated rings. The molecule has 10 heteroatoms. The average Bonchev–Trinajstić information content (AvgIpc) is 3.39. The molecule has 3 heterocycles. The molecule has 8 nitrogen and oxygen atoms in total. The number of benzene rings is 2. The van der Waals surface area contributed by atoms with Gasteiger partial charge in [-0.1, -0.05) is 24.6 Å². The predicted molar refractivity (Wildman–Crippen MR) is 152 cm³/mol. The maximum absolute atomic E-state index is 13.4. The first kappa shape index (κ1) is 28.3. The molecule has 0 N–H and O–H groups in total. The SMILES string of the molecule is CCC(OS(=O)(=O)c1ccc(C)cc1)c1c(C)cc2c(cnn2C2CCCCO2)c1B1OC(C)(C)C(C)(C)O1. The Hall–Kier alpha value is -2.24. The summed E-state index contributed by atoms with van der Waals surface area (Å²) < 4.78 is 53.8. The molecule has 0 spiro atoms. The van der Waals surface area contributed by atoms with Crippen LogP contribution in [0.15, 0.2) is 41.4 Å². The van der Waals surface area contributed by atoms with Gasteiger partial charge in [-0.3, -0.25) is 4.18 Å².